The van der Waals surface area contributed by atoms with Gasteiger partial charge in [0.25, 0.3) is 0 Å². The van der Waals surface area contributed by atoms with Gasteiger partial charge in [0, 0.05) is 0 Å². The number of hydrogen-bond acceptors (Lipinski definition) is 1. The Balaban J connectivity index is 4.63. The first-order valence-corrected chi connectivity index (χ1v) is 2.73. The van der Waals surface area contributed by atoms with Crippen LogP contribution in [-0.4, -0.2) is 0 Å². The van der Waals surface area contributed by atoms with Gasteiger partial charge >= 0.3 is 0 Å². The van der Waals surface area contributed by atoms with E-state index in [1.54, 1.807) is 0 Å². The zero-order valence-corrected chi connectivity index (χ0v) is 5.70. The highest BCUT2D eigenvalue weighted by Gasteiger charge is 2.02. The van der Waals surface area contributed by atoms with Crippen LogP contribution in [0.4, 0.5) is 8.78 Å². The number of hydrogen-bond donors (Lipinski definition) is 1. The van der Waals surface area contributed by atoms with E-state index in [9.17, 15) is 8.78 Å². The van der Waals surface area contributed by atoms with Crippen molar-refractivity contribution in [3.63, 3.8) is 0 Å². The second-order valence-corrected chi connectivity index (χ2v) is 1.60. The highest BCUT2D eigenvalue weighted by Crippen LogP contribution is 2.11. The third-order valence-electron chi connectivity index (χ3n) is 0.947. The molecule has 0 fully saturated rings. The van der Waals surface area contributed by atoms with Crippen molar-refractivity contribution in [3.05, 3.63) is 36.1 Å². The van der Waals surface area contributed by atoms with Crippen LogP contribution in [0.2, 0.25) is 0 Å². The van der Waals surface area contributed by atoms with Crippen molar-refractivity contribution in [2.45, 2.75) is 6.92 Å². The van der Waals surface area contributed by atoms with Crippen LogP contribution in [0.25, 0.3) is 0 Å². The summed E-state index contributed by atoms with van der Waals surface area (Å²) in [5, 5.41) is 0. The third-order valence-corrected chi connectivity index (χ3v) is 0.947. The maximum absolute atomic E-state index is 12.4. The van der Waals surface area contributed by atoms with Gasteiger partial charge in [-0.1, -0.05) is 6.58 Å². The molecule has 0 aromatic heterocycles. The Morgan fingerprint density at radius 2 is 2.00 bits per heavy atom. The van der Waals surface area contributed by atoms with Crippen molar-refractivity contribution in [3.8, 4) is 0 Å². The van der Waals surface area contributed by atoms with Gasteiger partial charge in [0.1, 0.15) is 17.4 Å². The van der Waals surface area contributed by atoms with Gasteiger partial charge in [-0.15, -0.1) is 0 Å². The summed E-state index contributed by atoms with van der Waals surface area (Å²) in [5.74, 6) is -1.60. The molecule has 0 aromatic carbocycles. The van der Waals surface area contributed by atoms with E-state index in [1.807, 2.05) is 0 Å². The summed E-state index contributed by atoms with van der Waals surface area (Å²) >= 11 is 0. The second-order valence-electron chi connectivity index (χ2n) is 1.60. The summed E-state index contributed by atoms with van der Waals surface area (Å²) in [4.78, 5) is 0. The van der Waals surface area contributed by atoms with Crippen molar-refractivity contribution in [2.24, 2.45) is 5.73 Å². The number of rotatable bonds is 2. The van der Waals surface area contributed by atoms with Crippen molar-refractivity contribution < 1.29 is 8.78 Å². The number of halogens is 2. The average Bonchev–Trinajstić information content (AvgIpc) is 2.00. The van der Waals surface area contributed by atoms with Crippen LogP contribution in [0.5, 0.6) is 0 Å². The van der Waals surface area contributed by atoms with Crippen LogP contribution in [-0.2, 0) is 0 Å². The van der Waals surface area contributed by atoms with Crippen molar-refractivity contribution >= 4 is 0 Å². The van der Waals surface area contributed by atoms with Gasteiger partial charge in [-0.2, -0.15) is 0 Å². The summed E-state index contributed by atoms with van der Waals surface area (Å²) < 4.78 is 24.7. The molecule has 0 aliphatic heterocycles. The molecule has 0 aliphatic rings. The van der Waals surface area contributed by atoms with E-state index >= 15 is 0 Å². The summed E-state index contributed by atoms with van der Waals surface area (Å²) in [6.45, 7) is 4.52. The minimum absolute atomic E-state index is 0.502. The largest absolute Gasteiger partial charge is 0.394 e. The topological polar surface area (TPSA) is 26.0 Å². The predicted octanol–water partition coefficient (Wildman–Crippen LogP) is 2.19. The quantitative estimate of drug-likeness (QED) is 0.592. The van der Waals surface area contributed by atoms with Crippen LogP contribution < -0.4 is 5.73 Å². The van der Waals surface area contributed by atoms with Gasteiger partial charge in [0.05, 0.1) is 0 Å². The number of nitrogens with two attached hydrogens (primary N) is 1. The monoisotopic (exact) mass is 145 g/mol. The molecule has 1 nitrogen and oxygen atoms in total. The summed E-state index contributed by atoms with van der Waals surface area (Å²) in [7, 11) is 0. The molecule has 0 spiro atoms. The molecule has 10 heavy (non-hydrogen) atoms. The first-order chi connectivity index (χ1) is 4.63. The van der Waals surface area contributed by atoms with Crippen molar-refractivity contribution in [2.75, 3.05) is 0 Å². The van der Waals surface area contributed by atoms with Gasteiger partial charge < -0.3 is 5.73 Å². The van der Waals surface area contributed by atoms with Crippen molar-refractivity contribution in [1.29, 1.82) is 0 Å². The van der Waals surface area contributed by atoms with E-state index in [-0.39, 0.29) is 0 Å². The molecule has 0 saturated heterocycles. The Kier molecular flexibility index (Phi) is 3.39. The smallest absolute Gasteiger partial charge is 0.148 e. The summed E-state index contributed by atoms with van der Waals surface area (Å²) in [6, 6.07) is 0. The van der Waals surface area contributed by atoms with Crippen LogP contribution in [0, 0.1) is 0 Å². The SMILES string of the molecule is C=C/C(F)=C(N)\C(F)=C/C. The lowest BCUT2D eigenvalue weighted by atomic mass is 10.3. The van der Waals surface area contributed by atoms with Crippen LogP contribution in [0.1, 0.15) is 6.92 Å². The maximum Gasteiger partial charge on any atom is 0.148 e. The molecule has 0 rings (SSSR count). The fourth-order valence-electron chi connectivity index (χ4n) is 0.380. The van der Waals surface area contributed by atoms with Gasteiger partial charge in [-0.25, -0.2) is 8.78 Å². The van der Waals surface area contributed by atoms with E-state index in [2.05, 4.69) is 6.58 Å². The predicted molar refractivity (Wildman–Crippen MR) is 37.4 cm³/mol. The molecule has 0 aliphatic carbocycles. The summed E-state index contributed by atoms with van der Waals surface area (Å²) in [6.07, 6.45) is 1.94. The van der Waals surface area contributed by atoms with Crippen LogP contribution in [0.3, 0.4) is 0 Å². The van der Waals surface area contributed by atoms with Crippen LogP contribution >= 0.6 is 0 Å². The van der Waals surface area contributed by atoms with Gasteiger partial charge in [-0.3, -0.25) is 0 Å². The highest BCUT2D eigenvalue weighted by molar-refractivity contribution is 5.29. The maximum atomic E-state index is 12.4. The van der Waals surface area contributed by atoms with E-state index in [4.69, 9.17) is 5.73 Å². The molecule has 56 valence electrons. The Labute approximate surface area is 58.5 Å². The first kappa shape index (κ1) is 8.88. The molecule has 3 heteroatoms. The Hall–Kier alpha value is -1.12. The summed E-state index contributed by atoms with van der Waals surface area (Å²) in [5.41, 5.74) is 4.47. The molecule has 0 bridgehead atoms. The van der Waals surface area contributed by atoms with Gasteiger partial charge in [0.15, 0.2) is 0 Å². The highest BCUT2D eigenvalue weighted by atomic mass is 19.1. The minimum Gasteiger partial charge on any atom is -0.394 e. The fraction of sp³-hybridized carbons (Fsp3) is 0.143. The van der Waals surface area contributed by atoms with Gasteiger partial charge in [0.2, 0.25) is 0 Å². The van der Waals surface area contributed by atoms with E-state index < -0.39 is 17.4 Å². The molecular formula is C7H9F2N. The Morgan fingerprint density at radius 3 is 2.30 bits per heavy atom. The van der Waals surface area contributed by atoms with E-state index in [1.165, 1.54) is 6.92 Å². The van der Waals surface area contributed by atoms with Crippen LogP contribution in [0.15, 0.2) is 36.1 Å². The van der Waals surface area contributed by atoms with E-state index in [0.717, 1.165) is 12.2 Å². The third kappa shape index (κ3) is 2.01. The number of allylic oxidation sites excluding steroid dienone is 4. The molecule has 0 amide bonds. The lowest BCUT2D eigenvalue weighted by molar-refractivity contribution is 0.606. The molecule has 0 unspecified atom stereocenters. The zero-order valence-electron chi connectivity index (χ0n) is 5.70. The Bertz CT molecular complexity index is 192. The normalized spacial score (nSPS) is 14.5. The molecule has 0 atom stereocenters. The molecule has 0 aromatic rings. The van der Waals surface area contributed by atoms with Gasteiger partial charge in [-0.05, 0) is 19.1 Å². The zero-order chi connectivity index (χ0) is 8.15. The fourth-order valence-corrected chi connectivity index (χ4v) is 0.380. The Morgan fingerprint density at radius 1 is 1.50 bits per heavy atom. The molecule has 0 heterocycles. The molecule has 0 saturated carbocycles. The second kappa shape index (κ2) is 3.82. The molecular weight excluding hydrogens is 136 g/mol. The minimum atomic E-state index is -0.837. The molecule has 2 N–H and O–H groups in total. The van der Waals surface area contributed by atoms with E-state index in [0.29, 0.717) is 0 Å². The standard InChI is InChI=1S/C7H9F2N/c1-3-5(8)7(10)6(9)4-2/h3-4H,1,10H2,2H3/b6-4+,7-5-. The van der Waals surface area contributed by atoms with Crippen molar-refractivity contribution in [1.82, 2.24) is 0 Å². The average molecular weight is 145 g/mol. The lowest BCUT2D eigenvalue weighted by Gasteiger charge is -1.95. The first-order valence-electron chi connectivity index (χ1n) is 2.73. The lowest BCUT2D eigenvalue weighted by Crippen LogP contribution is -1.99. The molecule has 0 radical (unpaired) electrons.